The van der Waals surface area contributed by atoms with E-state index in [0.717, 1.165) is 0 Å². The number of benzene rings is 1. The first-order valence-electron chi connectivity index (χ1n) is 7.02. The highest BCUT2D eigenvalue weighted by atomic mass is 16.5. The second kappa shape index (κ2) is 8.19. The van der Waals surface area contributed by atoms with Crippen LogP contribution in [0.4, 0.5) is 0 Å². The Balaban J connectivity index is 1.99. The van der Waals surface area contributed by atoms with Gasteiger partial charge in [0.05, 0.1) is 12.8 Å². The molecule has 0 saturated heterocycles. The summed E-state index contributed by atoms with van der Waals surface area (Å²) in [6, 6.07) is 11.8. The number of carbonyl (C=O) groups is 2. The van der Waals surface area contributed by atoms with Gasteiger partial charge in [0, 0.05) is 0 Å². The molecule has 2 amide bonds. The Labute approximate surface area is 138 Å². The van der Waals surface area contributed by atoms with Crippen molar-refractivity contribution in [3.05, 3.63) is 59.6 Å². The Hall–Kier alpha value is -3.53. The third-order valence-electron chi connectivity index (χ3n) is 2.94. The maximum absolute atomic E-state index is 12.0. The fraction of sp³-hybridized carbons (Fsp3) is 0.118. The van der Waals surface area contributed by atoms with Gasteiger partial charge >= 0.3 is 0 Å². The zero-order valence-electron chi connectivity index (χ0n) is 12.7. The Morgan fingerprint density at radius 3 is 2.62 bits per heavy atom. The van der Waals surface area contributed by atoms with Gasteiger partial charge in [-0.1, -0.05) is 12.1 Å². The van der Waals surface area contributed by atoms with E-state index < -0.39 is 11.8 Å². The fourth-order valence-corrected chi connectivity index (χ4v) is 1.81. The molecule has 122 valence electrons. The predicted octanol–water partition coefficient (Wildman–Crippen LogP) is 1.37. The van der Waals surface area contributed by atoms with Crippen LogP contribution in [-0.2, 0) is 16.1 Å². The molecule has 0 aliphatic rings. The lowest BCUT2D eigenvalue weighted by Crippen LogP contribution is -2.23. The van der Waals surface area contributed by atoms with Gasteiger partial charge in [-0.25, -0.2) is 0 Å². The monoisotopic (exact) mass is 325 g/mol. The van der Waals surface area contributed by atoms with Crippen LogP contribution in [-0.4, -0.2) is 18.4 Å². The number of amides is 2. The number of carbonyl (C=O) groups excluding carboxylic acids is 2. The zero-order valence-corrected chi connectivity index (χ0v) is 12.7. The zero-order chi connectivity index (χ0) is 17.4. The van der Waals surface area contributed by atoms with Gasteiger partial charge in [0.1, 0.15) is 23.2 Å². The highest BCUT2D eigenvalue weighted by Gasteiger charge is 2.09. The van der Waals surface area contributed by atoms with Crippen molar-refractivity contribution >= 4 is 17.9 Å². The van der Waals surface area contributed by atoms with Crippen molar-refractivity contribution in [1.82, 2.24) is 5.32 Å². The molecule has 2 aromatic rings. The average Bonchev–Trinajstić information content (AvgIpc) is 3.10. The summed E-state index contributed by atoms with van der Waals surface area (Å²) < 4.78 is 10.2. The number of nitrogens with two attached hydrogens (primary N) is 1. The molecule has 0 bridgehead atoms. The molecule has 1 heterocycles. The maximum Gasteiger partial charge on any atom is 0.262 e. The molecule has 1 aromatic carbocycles. The number of hydrogen-bond acceptors (Lipinski definition) is 5. The van der Waals surface area contributed by atoms with Crippen molar-refractivity contribution in [3.8, 4) is 11.8 Å². The van der Waals surface area contributed by atoms with Gasteiger partial charge in [-0.3, -0.25) is 9.59 Å². The van der Waals surface area contributed by atoms with E-state index in [9.17, 15) is 9.59 Å². The summed E-state index contributed by atoms with van der Waals surface area (Å²) in [6.07, 6.45) is 2.96. The van der Waals surface area contributed by atoms with E-state index >= 15 is 0 Å². The minimum Gasteiger partial charge on any atom is -0.484 e. The number of ether oxygens (including phenoxy) is 1. The minimum absolute atomic E-state index is 0.0349. The molecule has 7 heteroatoms. The van der Waals surface area contributed by atoms with Crippen LogP contribution >= 0.6 is 0 Å². The van der Waals surface area contributed by atoms with Crippen LogP contribution in [0.5, 0.6) is 5.75 Å². The second-order valence-electron chi connectivity index (χ2n) is 4.76. The van der Waals surface area contributed by atoms with E-state index in [1.807, 2.05) is 6.07 Å². The first-order valence-corrected chi connectivity index (χ1v) is 7.02. The van der Waals surface area contributed by atoms with E-state index in [1.165, 1.54) is 12.3 Å². The summed E-state index contributed by atoms with van der Waals surface area (Å²) >= 11 is 0. The normalized spacial score (nSPS) is 10.7. The van der Waals surface area contributed by atoms with Gasteiger partial charge in [0.2, 0.25) is 0 Å². The van der Waals surface area contributed by atoms with Crippen LogP contribution in [0.25, 0.3) is 6.08 Å². The summed E-state index contributed by atoms with van der Waals surface area (Å²) in [6.45, 7) is -0.0153. The van der Waals surface area contributed by atoms with E-state index in [1.54, 1.807) is 36.4 Å². The van der Waals surface area contributed by atoms with E-state index in [-0.39, 0.29) is 18.7 Å². The summed E-state index contributed by atoms with van der Waals surface area (Å²) in [4.78, 5) is 22.6. The van der Waals surface area contributed by atoms with Crippen LogP contribution in [0, 0.1) is 11.3 Å². The minimum atomic E-state index is -0.570. The first kappa shape index (κ1) is 16.8. The Morgan fingerprint density at radius 2 is 2.04 bits per heavy atom. The molecule has 0 radical (unpaired) electrons. The van der Waals surface area contributed by atoms with Gasteiger partial charge in [0.25, 0.3) is 11.8 Å². The molecular formula is C17H15N3O4. The van der Waals surface area contributed by atoms with Gasteiger partial charge in [0.15, 0.2) is 6.61 Å². The Kier molecular flexibility index (Phi) is 5.75. The van der Waals surface area contributed by atoms with E-state index in [4.69, 9.17) is 20.1 Å². The molecule has 0 spiro atoms. The summed E-state index contributed by atoms with van der Waals surface area (Å²) in [5.74, 6) is -0.00903. The number of primary amides is 1. The molecule has 0 unspecified atom stereocenters. The van der Waals surface area contributed by atoms with Crippen molar-refractivity contribution in [3.63, 3.8) is 0 Å². The van der Waals surface area contributed by atoms with Crippen molar-refractivity contribution < 1.29 is 18.7 Å². The quantitative estimate of drug-likeness (QED) is 0.588. The molecule has 0 aliphatic heterocycles. The Morgan fingerprint density at radius 1 is 1.29 bits per heavy atom. The van der Waals surface area contributed by atoms with Crippen LogP contribution in [0.15, 0.2) is 52.7 Å². The smallest absolute Gasteiger partial charge is 0.262 e. The molecule has 0 atom stereocenters. The lowest BCUT2D eigenvalue weighted by molar-refractivity contribution is -0.120. The topological polar surface area (TPSA) is 118 Å². The number of hydrogen-bond donors (Lipinski definition) is 2. The van der Waals surface area contributed by atoms with Crippen molar-refractivity contribution in [2.75, 3.05) is 6.61 Å². The standard InChI is InChI=1S/C17H15N3O4/c18-9-13(17(22)20-10-15-2-1-7-23-15)8-12-3-5-14(6-4-12)24-11-16(19)21/h1-8H,10-11H2,(H2,19,21)(H,20,22)/b13-8+. The number of rotatable bonds is 7. The third-order valence-corrected chi connectivity index (χ3v) is 2.94. The highest BCUT2D eigenvalue weighted by Crippen LogP contribution is 2.14. The Bertz CT molecular complexity index is 771. The number of nitrogens with one attached hydrogen (secondary N) is 1. The van der Waals surface area contributed by atoms with Crippen LogP contribution in [0.1, 0.15) is 11.3 Å². The largest absolute Gasteiger partial charge is 0.484 e. The van der Waals surface area contributed by atoms with E-state index in [2.05, 4.69) is 5.32 Å². The van der Waals surface area contributed by atoms with E-state index in [0.29, 0.717) is 17.1 Å². The fourth-order valence-electron chi connectivity index (χ4n) is 1.81. The molecule has 7 nitrogen and oxygen atoms in total. The van der Waals surface area contributed by atoms with Gasteiger partial charge in [-0.2, -0.15) is 5.26 Å². The lowest BCUT2D eigenvalue weighted by atomic mass is 10.1. The lowest BCUT2D eigenvalue weighted by Gasteiger charge is -2.04. The summed E-state index contributed by atoms with van der Waals surface area (Å²) in [5.41, 5.74) is 5.60. The maximum atomic E-state index is 12.0. The van der Waals surface area contributed by atoms with Gasteiger partial charge < -0.3 is 20.2 Å². The molecule has 2 rings (SSSR count). The molecule has 0 saturated carbocycles. The van der Waals surface area contributed by atoms with Crippen molar-refractivity contribution in [1.29, 1.82) is 5.26 Å². The molecule has 3 N–H and O–H groups in total. The summed E-state index contributed by atoms with van der Waals surface area (Å²) in [7, 11) is 0. The number of nitriles is 1. The third kappa shape index (κ3) is 5.03. The SMILES string of the molecule is N#C/C(=C\c1ccc(OCC(N)=O)cc1)C(=O)NCc1ccco1. The molecule has 0 fully saturated rings. The number of nitrogens with zero attached hydrogens (tertiary/aromatic N) is 1. The van der Waals surface area contributed by atoms with Crippen LogP contribution in [0.2, 0.25) is 0 Å². The van der Waals surface area contributed by atoms with Crippen molar-refractivity contribution in [2.24, 2.45) is 5.73 Å². The van der Waals surface area contributed by atoms with Crippen LogP contribution in [0.3, 0.4) is 0 Å². The highest BCUT2D eigenvalue weighted by molar-refractivity contribution is 6.01. The predicted molar refractivity (Wildman–Crippen MR) is 85.3 cm³/mol. The molecule has 1 aromatic heterocycles. The first-order chi connectivity index (χ1) is 11.6. The second-order valence-corrected chi connectivity index (χ2v) is 4.76. The molecule has 24 heavy (non-hydrogen) atoms. The molecular weight excluding hydrogens is 310 g/mol. The van der Waals surface area contributed by atoms with Gasteiger partial charge in [-0.05, 0) is 35.9 Å². The van der Waals surface area contributed by atoms with Crippen molar-refractivity contribution in [2.45, 2.75) is 6.54 Å². The average molecular weight is 325 g/mol. The van der Waals surface area contributed by atoms with Gasteiger partial charge in [-0.15, -0.1) is 0 Å². The number of furan rings is 1. The summed E-state index contributed by atoms with van der Waals surface area (Å²) in [5, 5.41) is 11.7. The van der Waals surface area contributed by atoms with Crippen LogP contribution < -0.4 is 15.8 Å². The molecule has 0 aliphatic carbocycles.